The van der Waals surface area contributed by atoms with E-state index in [0.717, 1.165) is 27.7 Å². The van der Waals surface area contributed by atoms with E-state index in [4.69, 9.17) is 23.7 Å². The summed E-state index contributed by atoms with van der Waals surface area (Å²) in [7, 11) is 0. The lowest BCUT2D eigenvalue weighted by Crippen LogP contribution is -2.62. The third-order valence-corrected chi connectivity index (χ3v) is 4.28. The Hall–Kier alpha value is -1.85. The standard InChI is InChI=1S/C16H24O10S/c1-8(17)22-13-12(6-7-27(5)21)26-16(25-11(4)20)15(24-10(3)19)14(13)23-9(2)18/h12-16H,6-7H2,1-5H3/t12-,13-,14+,15+,16+,27?/m1/s1. The number of hydrogen-bond acceptors (Lipinski definition) is 10. The molecule has 1 unspecified atom stereocenters. The molecule has 1 heterocycles. The summed E-state index contributed by atoms with van der Waals surface area (Å²) < 4.78 is 37.8. The van der Waals surface area contributed by atoms with Crippen molar-refractivity contribution in [2.24, 2.45) is 0 Å². The molecule has 1 aliphatic heterocycles. The van der Waals surface area contributed by atoms with Gasteiger partial charge in [0, 0.05) is 34.1 Å². The highest BCUT2D eigenvalue weighted by molar-refractivity contribution is 7.90. The minimum absolute atomic E-state index is 0.156. The maximum absolute atomic E-state index is 11.6. The van der Waals surface area contributed by atoms with E-state index in [-0.39, 0.29) is 12.2 Å². The fraction of sp³-hybridized carbons (Fsp3) is 0.750. The van der Waals surface area contributed by atoms with Gasteiger partial charge in [0.2, 0.25) is 12.4 Å². The molecule has 27 heavy (non-hydrogen) atoms. The number of carbonyl (C=O) groups is 4. The SMILES string of the molecule is CC(=O)O[C@H]1O[C@H](CC[S+](C)[O-])[C@@H](OC(C)=O)[C@H](OC(C)=O)[C@@H]1OC(C)=O. The lowest BCUT2D eigenvalue weighted by atomic mass is 9.96. The highest BCUT2D eigenvalue weighted by atomic mass is 32.2. The fourth-order valence-corrected chi connectivity index (χ4v) is 3.19. The molecule has 1 fully saturated rings. The summed E-state index contributed by atoms with van der Waals surface area (Å²) in [4.78, 5) is 46.0. The zero-order valence-corrected chi connectivity index (χ0v) is 16.6. The van der Waals surface area contributed by atoms with Crippen LogP contribution in [0.1, 0.15) is 34.1 Å². The summed E-state index contributed by atoms with van der Waals surface area (Å²) in [5, 5.41) is 0. The molecule has 6 atom stereocenters. The Labute approximate surface area is 160 Å². The monoisotopic (exact) mass is 408 g/mol. The highest BCUT2D eigenvalue weighted by Crippen LogP contribution is 2.31. The second-order valence-electron chi connectivity index (χ2n) is 5.94. The number of carbonyl (C=O) groups excluding carboxylic acids is 4. The van der Waals surface area contributed by atoms with E-state index in [1.165, 1.54) is 6.26 Å². The van der Waals surface area contributed by atoms with Crippen LogP contribution in [0.2, 0.25) is 0 Å². The Bertz CT molecular complexity index is 563. The predicted octanol–water partition coefficient (Wildman–Crippen LogP) is -0.162. The maximum atomic E-state index is 11.6. The van der Waals surface area contributed by atoms with E-state index in [1.54, 1.807) is 0 Å². The largest absolute Gasteiger partial charge is 0.617 e. The third kappa shape index (κ3) is 7.73. The lowest BCUT2D eigenvalue weighted by molar-refractivity contribution is -0.295. The third-order valence-electron chi connectivity index (χ3n) is 3.47. The summed E-state index contributed by atoms with van der Waals surface area (Å²) in [5.74, 6) is -2.68. The minimum Gasteiger partial charge on any atom is -0.617 e. The van der Waals surface area contributed by atoms with Gasteiger partial charge in [-0.1, -0.05) is 11.2 Å². The van der Waals surface area contributed by atoms with Crippen molar-refractivity contribution >= 4 is 35.1 Å². The van der Waals surface area contributed by atoms with Crippen LogP contribution >= 0.6 is 0 Å². The molecule has 0 radical (unpaired) electrons. The number of ether oxygens (including phenoxy) is 5. The van der Waals surface area contributed by atoms with Crippen molar-refractivity contribution in [3.63, 3.8) is 0 Å². The van der Waals surface area contributed by atoms with E-state index in [1.807, 2.05) is 0 Å². The molecule has 154 valence electrons. The molecule has 11 heteroatoms. The van der Waals surface area contributed by atoms with Crippen LogP contribution in [0.25, 0.3) is 0 Å². The quantitative estimate of drug-likeness (QED) is 0.317. The zero-order chi connectivity index (χ0) is 20.7. The van der Waals surface area contributed by atoms with Crippen molar-refractivity contribution in [2.45, 2.75) is 64.8 Å². The van der Waals surface area contributed by atoms with Gasteiger partial charge in [-0.15, -0.1) is 0 Å². The maximum Gasteiger partial charge on any atom is 0.305 e. The average molecular weight is 408 g/mol. The first-order chi connectivity index (χ1) is 12.5. The van der Waals surface area contributed by atoms with Crippen molar-refractivity contribution in [2.75, 3.05) is 12.0 Å². The van der Waals surface area contributed by atoms with E-state index in [9.17, 15) is 23.7 Å². The molecule has 0 N–H and O–H groups in total. The van der Waals surface area contributed by atoms with Crippen LogP contribution in [0.15, 0.2) is 0 Å². The first-order valence-electron chi connectivity index (χ1n) is 8.15. The van der Waals surface area contributed by atoms with Gasteiger partial charge in [-0.25, -0.2) is 0 Å². The molecule has 1 rings (SSSR count). The van der Waals surface area contributed by atoms with E-state index in [2.05, 4.69) is 0 Å². The number of hydrogen-bond donors (Lipinski definition) is 0. The van der Waals surface area contributed by atoms with Crippen LogP contribution in [-0.2, 0) is 54.0 Å². The predicted molar refractivity (Wildman–Crippen MR) is 90.6 cm³/mol. The Balaban J connectivity index is 3.27. The van der Waals surface area contributed by atoms with Crippen LogP contribution in [-0.4, -0.2) is 71.1 Å². The Kier molecular flexibility index (Phi) is 9.00. The van der Waals surface area contributed by atoms with Gasteiger partial charge in [0.05, 0.1) is 6.26 Å². The fourth-order valence-electron chi connectivity index (χ4n) is 2.63. The molecule has 0 aromatic heterocycles. The van der Waals surface area contributed by atoms with Crippen molar-refractivity contribution in [3.05, 3.63) is 0 Å². The Morgan fingerprint density at radius 3 is 1.70 bits per heavy atom. The van der Waals surface area contributed by atoms with Crippen molar-refractivity contribution in [1.29, 1.82) is 0 Å². The average Bonchev–Trinajstić information content (AvgIpc) is 2.49. The van der Waals surface area contributed by atoms with Crippen LogP contribution in [0.3, 0.4) is 0 Å². The molecular weight excluding hydrogens is 384 g/mol. The first kappa shape index (κ1) is 23.2. The molecule has 0 spiro atoms. The zero-order valence-electron chi connectivity index (χ0n) is 15.8. The molecular formula is C16H24O10S. The van der Waals surface area contributed by atoms with Gasteiger partial charge in [-0.2, -0.15) is 0 Å². The molecule has 0 saturated carbocycles. The number of rotatable bonds is 7. The van der Waals surface area contributed by atoms with Gasteiger partial charge < -0.3 is 28.2 Å². The topological polar surface area (TPSA) is 137 Å². The molecule has 0 amide bonds. The number of esters is 4. The molecule has 0 aromatic carbocycles. The van der Waals surface area contributed by atoms with Gasteiger partial charge in [-0.05, 0) is 0 Å². The van der Waals surface area contributed by atoms with Crippen LogP contribution in [0.4, 0.5) is 0 Å². The van der Waals surface area contributed by atoms with Gasteiger partial charge in [0.15, 0.2) is 12.2 Å². The summed E-state index contributed by atoms with van der Waals surface area (Å²) in [6, 6.07) is 0. The Morgan fingerprint density at radius 2 is 1.26 bits per heavy atom. The molecule has 1 aliphatic rings. The molecule has 0 bridgehead atoms. The molecule has 1 saturated heterocycles. The van der Waals surface area contributed by atoms with Crippen LogP contribution in [0.5, 0.6) is 0 Å². The molecule has 0 aliphatic carbocycles. The highest BCUT2D eigenvalue weighted by Gasteiger charge is 2.53. The van der Waals surface area contributed by atoms with Gasteiger partial charge in [-0.3, -0.25) is 19.2 Å². The van der Waals surface area contributed by atoms with E-state index in [0.29, 0.717) is 0 Å². The first-order valence-corrected chi connectivity index (χ1v) is 9.88. The van der Waals surface area contributed by atoms with Gasteiger partial charge in [0.25, 0.3) is 0 Å². The molecule has 0 aromatic rings. The summed E-state index contributed by atoms with van der Waals surface area (Å²) in [6.07, 6.45) is -4.42. The van der Waals surface area contributed by atoms with Crippen molar-refractivity contribution in [3.8, 4) is 0 Å². The van der Waals surface area contributed by atoms with Gasteiger partial charge in [0.1, 0.15) is 11.9 Å². The van der Waals surface area contributed by atoms with Crippen LogP contribution in [0, 0.1) is 0 Å². The summed E-state index contributed by atoms with van der Waals surface area (Å²) >= 11 is -1.18. The van der Waals surface area contributed by atoms with E-state index < -0.39 is 65.8 Å². The lowest BCUT2D eigenvalue weighted by Gasteiger charge is -2.43. The Morgan fingerprint density at radius 1 is 0.815 bits per heavy atom. The van der Waals surface area contributed by atoms with E-state index >= 15 is 0 Å². The summed E-state index contributed by atoms with van der Waals surface area (Å²) in [6.45, 7) is 4.52. The minimum atomic E-state index is -1.39. The second kappa shape index (κ2) is 10.5. The second-order valence-corrected chi connectivity index (χ2v) is 7.50. The normalized spacial score (nSPS) is 28.6. The smallest absolute Gasteiger partial charge is 0.305 e. The van der Waals surface area contributed by atoms with Gasteiger partial charge >= 0.3 is 23.9 Å². The van der Waals surface area contributed by atoms with Crippen LogP contribution < -0.4 is 0 Å². The van der Waals surface area contributed by atoms with Crippen molar-refractivity contribution < 1.29 is 47.4 Å². The summed E-state index contributed by atoms with van der Waals surface area (Å²) in [5.41, 5.74) is 0. The van der Waals surface area contributed by atoms with Crippen molar-refractivity contribution in [1.82, 2.24) is 0 Å². The molecule has 10 nitrogen and oxygen atoms in total.